The Morgan fingerprint density at radius 3 is 3.09 bits per heavy atom. The van der Waals surface area contributed by atoms with Crippen LogP contribution in [0.25, 0.3) is 0 Å². The van der Waals surface area contributed by atoms with Gasteiger partial charge in [0.25, 0.3) is 0 Å². The fourth-order valence-electron chi connectivity index (χ4n) is 2.12. The van der Waals surface area contributed by atoms with E-state index < -0.39 is 0 Å². The summed E-state index contributed by atoms with van der Waals surface area (Å²) in [6.45, 7) is 2.33. The molecule has 11 heavy (non-hydrogen) atoms. The number of hydrogen-bond donors (Lipinski definition) is 0. The first-order valence-electron chi connectivity index (χ1n) is 4.76. The smallest absolute Gasteiger partial charge is 0.0253 e. The highest BCUT2D eigenvalue weighted by molar-refractivity contribution is 5.35. The molecule has 0 aromatic carbocycles. The normalized spacial score (nSPS) is 30.5. The second kappa shape index (κ2) is 2.84. The molecule has 0 aromatic heterocycles. The van der Waals surface area contributed by atoms with E-state index in [2.05, 4.69) is 19.1 Å². The highest BCUT2D eigenvalue weighted by Crippen LogP contribution is 2.33. The highest BCUT2D eigenvalue weighted by atomic mass is 14.2. The highest BCUT2D eigenvalue weighted by Gasteiger charge is 2.16. The fourth-order valence-corrected chi connectivity index (χ4v) is 2.12. The third kappa shape index (κ3) is 1.40. The molecule has 2 aliphatic rings. The molecular formula is C11H16. The van der Waals surface area contributed by atoms with Crippen LogP contribution in [0.5, 0.6) is 0 Å². The van der Waals surface area contributed by atoms with Crippen molar-refractivity contribution in [2.75, 3.05) is 0 Å². The Balaban J connectivity index is 2.25. The molecule has 0 aliphatic heterocycles. The molecule has 0 heteroatoms. The van der Waals surface area contributed by atoms with Crippen molar-refractivity contribution in [3.05, 3.63) is 23.3 Å². The number of rotatable bonds is 0. The molecule has 0 saturated carbocycles. The summed E-state index contributed by atoms with van der Waals surface area (Å²) < 4.78 is 0. The summed E-state index contributed by atoms with van der Waals surface area (Å²) in [6.07, 6.45) is 11.7. The number of fused-ring (bicyclic) bond motifs is 1. The minimum atomic E-state index is 0.834. The van der Waals surface area contributed by atoms with Gasteiger partial charge in [-0.3, -0.25) is 0 Å². The molecule has 0 saturated heterocycles. The van der Waals surface area contributed by atoms with Gasteiger partial charge in [-0.15, -0.1) is 0 Å². The molecule has 0 aromatic rings. The maximum atomic E-state index is 2.48. The van der Waals surface area contributed by atoms with Crippen molar-refractivity contribution < 1.29 is 0 Å². The zero-order valence-electron chi connectivity index (χ0n) is 7.27. The zero-order chi connectivity index (χ0) is 7.68. The molecule has 0 amide bonds. The summed E-state index contributed by atoms with van der Waals surface area (Å²) in [5.74, 6) is 0.834. The standard InChI is InChI=1S/C11H16/c1-9-6-7-10-4-2-3-5-11(10)8-9/h4,8-9H,2-3,5-7H2,1H3. The van der Waals surface area contributed by atoms with E-state index in [1.54, 1.807) is 11.1 Å². The van der Waals surface area contributed by atoms with E-state index in [9.17, 15) is 0 Å². The van der Waals surface area contributed by atoms with Crippen LogP contribution in [-0.4, -0.2) is 0 Å². The van der Waals surface area contributed by atoms with E-state index in [0.29, 0.717) is 0 Å². The van der Waals surface area contributed by atoms with Crippen LogP contribution in [0.4, 0.5) is 0 Å². The first-order valence-corrected chi connectivity index (χ1v) is 4.76. The van der Waals surface area contributed by atoms with Crippen LogP contribution in [0, 0.1) is 5.92 Å². The van der Waals surface area contributed by atoms with Gasteiger partial charge in [0, 0.05) is 0 Å². The maximum absolute atomic E-state index is 2.48. The Bertz CT molecular complexity index is 208. The topological polar surface area (TPSA) is 0 Å². The van der Waals surface area contributed by atoms with Crippen LogP contribution >= 0.6 is 0 Å². The second-order valence-corrected chi connectivity index (χ2v) is 3.83. The fraction of sp³-hybridized carbons (Fsp3) is 0.636. The van der Waals surface area contributed by atoms with Gasteiger partial charge < -0.3 is 0 Å². The molecular weight excluding hydrogens is 132 g/mol. The van der Waals surface area contributed by atoms with Crippen molar-refractivity contribution in [3.63, 3.8) is 0 Å². The molecule has 2 rings (SSSR count). The van der Waals surface area contributed by atoms with E-state index in [-0.39, 0.29) is 0 Å². The van der Waals surface area contributed by atoms with Crippen LogP contribution in [0.3, 0.4) is 0 Å². The Morgan fingerprint density at radius 2 is 2.18 bits per heavy atom. The van der Waals surface area contributed by atoms with Crippen molar-refractivity contribution in [1.82, 2.24) is 0 Å². The molecule has 1 unspecified atom stereocenters. The number of hydrogen-bond acceptors (Lipinski definition) is 0. The van der Waals surface area contributed by atoms with Crippen molar-refractivity contribution in [3.8, 4) is 0 Å². The van der Waals surface area contributed by atoms with Crippen LogP contribution in [0.1, 0.15) is 39.0 Å². The van der Waals surface area contributed by atoms with Crippen LogP contribution in [-0.2, 0) is 0 Å². The third-order valence-electron chi connectivity index (χ3n) is 2.81. The Kier molecular flexibility index (Phi) is 1.85. The quantitative estimate of drug-likeness (QED) is 0.493. The van der Waals surface area contributed by atoms with E-state index in [4.69, 9.17) is 0 Å². The lowest BCUT2D eigenvalue weighted by atomic mass is 9.82. The average molecular weight is 148 g/mol. The molecule has 0 N–H and O–H groups in total. The van der Waals surface area contributed by atoms with Crippen LogP contribution < -0.4 is 0 Å². The van der Waals surface area contributed by atoms with Gasteiger partial charge in [-0.05, 0) is 49.2 Å². The maximum Gasteiger partial charge on any atom is -0.0253 e. The average Bonchev–Trinajstić information content (AvgIpc) is 2.04. The summed E-state index contributed by atoms with van der Waals surface area (Å²) in [5, 5.41) is 0. The minimum absolute atomic E-state index is 0.834. The van der Waals surface area contributed by atoms with Gasteiger partial charge in [-0.1, -0.05) is 19.1 Å². The molecule has 2 aliphatic carbocycles. The van der Waals surface area contributed by atoms with Gasteiger partial charge in [0.05, 0.1) is 0 Å². The molecule has 0 radical (unpaired) electrons. The predicted molar refractivity (Wildman–Crippen MR) is 48.4 cm³/mol. The molecule has 0 heterocycles. The number of allylic oxidation sites excluding steroid dienone is 4. The van der Waals surface area contributed by atoms with Gasteiger partial charge in [-0.25, -0.2) is 0 Å². The monoisotopic (exact) mass is 148 g/mol. The summed E-state index contributed by atoms with van der Waals surface area (Å²) in [4.78, 5) is 0. The lowest BCUT2D eigenvalue weighted by Crippen LogP contribution is -2.06. The van der Waals surface area contributed by atoms with E-state index in [1.165, 1.54) is 32.1 Å². The molecule has 1 atom stereocenters. The molecule has 60 valence electrons. The van der Waals surface area contributed by atoms with Crippen molar-refractivity contribution >= 4 is 0 Å². The summed E-state index contributed by atoms with van der Waals surface area (Å²) in [5.41, 5.74) is 3.32. The Labute approximate surface area is 69.0 Å². The van der Waals surface area contributed by atoms with Crippen LogP contribution in [0.15, 0.2) is 23.3 Å². The first-order chi connectivity index (χ1) is 5.36. The van der Waals surface area contributed by atoms with E-state index >= 15 is 0 Å². The van der Waals surface area contributed by atoms with Crippen molar-refractivity contribution in [2.45, 2.75) is 39.0 Å². The largest absolute Gasteiger partial charge is 0.0810 e. The van der Waals surface area contributed by atoms with E-state index in [1.807, 2.05) is 0 Å². The third-order valence-corrected chi connectivity index (χ3v) is 2.81. The Morgan fingerprint density at radius 1 is 1.27 bits per heavy atom. The van der Waals surface area contributed by atoms with Crippen molar-refractivity contribution in [1.29, 1.82) is 0 Å². The van der Waals surface area contributed by atoms with Gasteiger partial charge in [0.15, 0.2) is 0 Å². The molecule has 0 bridgehead atoms. The van der Waals surface area contributed by atoms with Gasteiger partial charge in [0.2, 0.25) is 0 Å². The van der Waals surface area contributed by atoms with Gasteiger partial charge in [0.1, 0.15) is 0 Å². The summed E-state index contributed by atoms with van der Waals surface area (Å²) in [6, 6.07) is 0. The molecule has 0 fully saturated rings. The molecule has 0 nitrogen and oxygen atoms in total. The Hall–Kier alpha value is -0.520. The lowest BCUT2D eigenvalue weighted by Gasteiger charge is -2.24. The van der Waals surface area contributed by atoms with Crippen LogP contribution in [0.2, 0.25) is 0 Å². The second-order valence-electron chi connectivity index (χ2n) is 3.83. The molecule has 0 spiro atoms. The van der Waals surface area contributed by atoms with Crippen molar-refractivity contribution in [2.24, 2.45) is 5.92 Å². The SMILES string of the molecule is CC1C=C2CCCC=C2CC1. The first kappa shape index (κ1) is 7.15. The predicted octanol–water partition coefficient (Wildman–Crippen LogP) is 3.45. The lowest BCUT2D eigenvalue weighted by molar-refractivity contribution is 0.597. The summed E-state index contributed by atoms with van der Waals surface area (Å²) >= 11 is 0. The van der Waals surface area contributed by atoms with Gasteiger partial charge in [-0.2, -0.15) is 0 Å². The summed E-state index contributed by atoms with van der Waals surface area (Å²) in [7, 11) is 0. The minimum Gasteiger partial charge on any atom is -0.0810 e. The van der Waals surface area contributed by atoms with E-state index in [0.717, 1.165) is 5.92 Å². The zero-order valence-corrected chi connectivity index (χ0v) is 7.27. The van der Waals surface area contributed by atoms with Gasteiger partial charge >= 0.3 is 0 Å².